The first-order chi connectivity index (χ1) is 13.4. The summed E-state index contributed by atoms with van der Waals surface area (Å²) in [4.78, 5) is 26.2. The molecule has 0 bridgehead atoms. The number of hydrogen-bond donors (Lipinski definition) is 2. The molecule has 7 nitrogen and oxygen atoms in total. The molecule has 2 N–H and O–H groups in total. The Bertz CT molecular complexity index is 1060. The Labute approximate surface area is 160 Å². The van der Waals surface area contributed by atoms with Crippen LogP contribution in [-0.2, 0) is 0 Å². The number of carbonyl (C=O) groups is 1. The topological polar surface area (TPSA) is 83.8 Å². The predicted molar refractivity (Wildman–Crippen MR) is 102 cm³/mol. The quantitative estimate of drug-likeness (QED) is 0.821. The number of aromatic carboxylic acids is 1. The van der Waals surface area contributed by atoms with Gasteiger partial charge in [-0.15, -0.1) is 0 Å². The highest BCUT2D eigenvalue weighted by atomic mass is 19.1. The van der Waals surface area contributed by atoms with Crippen LogP contribution in [-0.4, -0.2) is 47.4 Å². The van der Waals surface area contributed by atoms with E-state index in [1.54, 1.807) is 4.57 Å². The van der Waals surface area contributed by atoms with Crippen molar-refractivity contribution in [3.8, 4) is 5.75 Å². The second-order valence-electron chi connectivity index (χ2n) is 8.16. The highest BCUT2D eigenvalue weighted by Gasteiger charge is 2.42. The molecule has 5 rings (SSSR count). The number of ether oxygens (including phenoxy) is 1. The number of benzene rings is 1. The average Bonchev–Trinajstić information content (AvgIpc) is 2.64. The van der Waals surface area contributed by atoms with Gasteiger partial charge in [-0.05, 0) is 32.3 Å². The van der Waals surface area contributed by atoms with Gasteiger partial charge in [0, 0.05) is 31.4 Å². The van der Waals surface area contributed by atoms with Crippen LogP contribution in [0, 0.1) is 5.82 Å². The van der Waals surface area contributed by atoms with Crippen molar-refractivity contribution >= 4 is 22.6 Å². The van der Waals surface area contributed by atoms with Crippen LogP contribution in [0.4, 0.5) is 10.1 Å². The van der Waals surface area contributed by atoms with Crippen LogP contribution in [0.5, 0.6) is 5.75 Å². The molecule has 2 aliphatic heterocycles. The van der Waals surface area contributed by atoms with Gasteiger partial charge in [0.05, 0.1) is 16.9 Å². The van der Waals surface area contributed by atoms with Crippen molar-refractivity contribution in [3.63, 3.8) is 0 Å². The van der Waals surface area contributed by atoms with Gasteiger partial charge < -0.3 is 24.6 Å². The first kappa shape index (κ1) is 17.5. The van der Waals surface area contributed by atoms with Gasteiger partial charge >= 0.3 is 5.97 Å². The standard InChI is InChI=1S/C20H22FN3O4/c1-11-9-28-18-15-12(17(25)13(19(26)27)8-24(11)15)7-14(21)16(18)23-6-5-22-20(10-23)3-2-4-20/h7-8,11,22H,2-6,9-10H2,1H3,(H,26,27). The molecule has 1 aliphatic carbocycles. The van der Waals surface area contributed by atoms with Crippen LogP contribution >= 0.6 is 0 Å². The number of hydrogen-bond acceptors (Lipinski definition) is 5. The summed E-state index contributed by atoms with van der Waals surface area (Å²) in [5, 5.41) is 13.0. The van der Waals surface area contributed by atoms with Crippen molar-refractivity contribution in [2.45, 2.75) is 37.8 Å². The Morgan fingerprint density at radius 3 is 2.89 bits per heavy atom. The van der Waals surface area contributed by atoms with Gasteiger partial charge in [0.1, 0.15) is 17.9 Å². The summed E-state index contributed by atoms with van der Waals surface area (Å²) in [6.45, 7) is 4.28. The Morgan fingerprint density at radius 1 is 1.43 bits per heavy atom. The normalized spacial score (nSPS) is 22.8. The summed E-state index contributed by atoms with van der Waals surface area (Å²) in [6, 6.07) is 1.02. The molecular formula is C20H22FN3O4. The zero-order chi connectivity index (χ0) is 19.6. The van der Waals surface area contributed by atoms with E-state index in [2.05, 4.69) is 5.32 Å². The fourth-order valence-electron chi connectivity index (χ4n) is 4.74. The van der Waals surface area contributed by atoms with Gasteiger partial charge in [-0.25, -0.2) is 9.18 Å². The number of pyridine rings is 1. The van der Waals surface area contributed by atoms with E-state index in [0.717, 1.165) is 19.4 Å². The molecule has 2 fully saturated rings. The van der Waals surface area contributed by atoms with E-state index in [-0.39, 0.29) is 29.1 Å². The van der Waals surface area contributed by atoms with Gasteiger partial charge in [0.15, 0.2) is 11.6 Å². The maximum atomic E-state index is 15.3. The van der Waals surface area contributed by atoms with E-state index in [1.807, 2.05) is 11.8 Å². The van der Waals surface area contributed by atoms with Crippen molar-refractivity contribution < 1.29 is 19.0 Å². The first-order valence-electron chi connectivity index (χ1n) is 9.68. The van der Waals surface area contributed by atoms with Crippen LogP contribution in [0.3, 0.4) is 0 Å². The molecule has 148 valence electrons. The van der Waals surface area contributed by atoms with Crippen molar-refractivity contribution in [1.82, 2.24) is 9.88 Å². The largest absolute Gasteiger partial charge is 0.487 e. The molecule has 8 heteroatoms. The van der Waals surface area contributed by atoms with Gasteiger partial charge in [0.25, 0.3) is 0 Å². The number of halogens is 1. The first-order valence-corrected chi connectivity index (χ1v) is 9.68. The number of aromatic nitrogens is 1. The summed E-state index contributed by atoms with van der Waals surface area (Å²) in [5.41, 5.74) is -0.148. The molecule has 1 saturated carbocycles. The Morgan fingerprint density at radius 2 is 2.21 bits per heavy atom. The maximum Gasteiger partial charge on any atom is 0.341 e. The number of rotatable bonds is 2. The monoisotopic (exact) mass is 387 g/mol. The van der Waals surface area contributed by atoms with Crippen LogP contribution in [0.1, 0.15) is 42.6 Å². The van der Waals surface area contributed by atoms with E-state index >= 15 is 4.39 Å². The third-order valence-electron chi connectivity index (χ3n) is 6.37. The summed E-state index contributed by atoms with van der Waals surface area (Å²) < 4.78 is 22.9. The molecule has 3 aliphatic rings. The molecule has 1 atom stereocenters. The molecule has 1 spiro atoms. The highest BCUT2D eigenvalue weighted by molar-refractivity contribution is 5.97. The molecule has 1 aromatic carbocycles. The molecule has 0 radical (unpaired) electrons. The van der Waals surface area contributed by atoms with Crippen molar-refractivity contribution in [2.75, 3.05) is 31.1 Å². The zero-order valence-electron chi connectivity index (χ0n) is 15.6. The van der Waals surface area contributed by atoms with Crippen LogP contribution < -0.4 is 20.4 Å². The number of nitrogens with one attached hydrogen (secondary N) is 1. The van der Waals surface area contributed by atoms with E-state index in [9.17, 15) is 14.7 Å². The lowest BCUT2D eigenvalue weighted by atomic mass is 9.75. The fourth-order valence-corrected chi connectivity index (χ4v) is 4.74. The molecule has 28 heavy (non-hydrogen) atoms. The van der Waals surface area contributed by atoms with Gasteiger partial charge in [-0.2, -0.15) is 0 Å². The van der Waals surface area contributed by atoms with E-state index in [1.165, 1.54) is 18.7 Å². The molecule has 0 amide bonds. The second kappa shape index (κ2) is 5.94. The molecule has 1 saturated heterocycles. The molecule has 3 heterocycles. The smallest absolute Gasteiger partial charge is 0.341 e. The molecule has 2 aromatic rings. The lowest BCUT2D eigenvalue weighted by Crippen LogP contribution is -2.64. The Balaban J connectivity index is 1.74. The predicted octanol–water partition coefficient (Wildman–Crippen LogP) is 2.12. The molecular weight excluding hydrogens is 365 g/mol. The summed E-state index contributed by atoms with van der Waals surface area (Å²) >= 11 is 0. The van der Waals surface area contributed by atoms with Crippen LogP contribution in [0.25, 0.3) is 10.9 Å². The highest BCUT2D eigenvalue weighted by Crippen LogP contribution is 2.44. The Hall–Kier alpha value is -2.61. The second-order valence-corrected chi connectivity index (χ2v) is 8.16. The lowest BCUT2D eigenvalue weighted by Gasteiger charge is -2.50. The zero-order valence-corrected chi connectivity index (χ0v) is 15.6. The minimum Gasteiger partial charge on any atom is -0.487 e. The van der Waals surface area contributed by atoms with E-state index < -0.39 is 17.2 Å². The fraction of sp³-hybridized carbons (Fsp3) is 0.500. The van der Waals surface area contributed by atoms with E-state index in [0.29, 0.717) is 30.0 Å². The summed E-state index contributed by atoms with van der Waals surface area (Å²) in [6.07, 6.45) is 4.66. The molecule has 1 aromatic heterocycles. The number of anilines is 1. The number of carboxylic acid groups (broad SMARTS) is 1. The van der Waals surface area contributed by atoms with E-state index in [4.69, 9.17) is 4.74 Å². The maximum absolute atomic E-state index is 15.3. The van der Waals surface area contributed by atoms with Crippen LogP contribution in [0.15, 0.2) is 17.1 Å². The van der Waals surface area contributed by atoms with Gasteiger partial charge in [-0.3, -0.25) is 4.79 Å². The summed E-state index contributed by atoms with van der Waals surface area (Å²) in [5.74, 6) is -1.51. The van der Waals surface area contributed by atoms with Crippen molar-refractivity contribution in [2.24, 2.45) is 0 Å². The third-order valence-corrected chi connectivity index (χ3v) is 6.37. The minimum absolute atomic E-state index is 0.0289. The van der Waals surface area contributed by atoms with Crippen LogP contribution in [0.2, 0.25) is 0 Å². The lowest BCUT2D eigenvalue weighted by molar-refractivity contribution is 0.0694. The summed E-state index contributed by atoms with van der Waals surface area (Å²) in [7, 11) is 0. The molecule has 1 unspecified atom stereocenters. The van der Waals surface area contributed by atoms with Crippen molar-refractivity contribution in [3.05, 3.63) is 33.9 Å². The van der Waals surface area contributed by atoms with Crippen molar-refractivity contribution in [1.29, 1.82) is 0 Å². The number of piperazine rings is 1. The number of nitrogens with zero attached hydrogens (tertiary/aromatic N) is 2. The number of carboxylic acids is 1. The van der Waals surface area contributed by atoms with Gasteiger partial charge in [-0.1, -0.05) is 0 Å². The Kier molecular flexibility index (Phi) is 3.71. The average molecular weight is 387 g/mol. The minimum atomic E-state index is -1.31. The van der Waals surface area contributed by atoms with Gasteiger partial charge in [0.2, 0.25) is 5.43 Å². The SMILES string of the molecule is CC1COc2c(N3CCNC4(CCC4)C3)c(F)cc3c(=O)c(C(=O)O)cn1c23. The third kappa shape index (κ3) is 2.37.